The van der Waals surface area contributed by atoms with E-state index in [0.29, 0.717) is 48.7 Å². The Morgan fingerprint density at radius 1 is 1.00 bits per heavy atom. The Morgan fingerprint density at radius 2 is 1.58 bits per heavy atom. The highest BCUT2D eigenvalue weighted by Gasteiger charge is 2.26. The number of ether oxygens (including phenoxy) is 4. The fourth-order valence-corrected chi connectivity index (χ4v) is 3.51. The molecule has 1 aliphatic heterocycles. The first-order valence-corrected chi connectivity index (χ1v) is 10.9. The van der Waals surface area contributed by atoms with Gasteiger partial charge in [-0.25, -0.2) is 4.79 Å². The molecule has 2 rings (SSSR count). The van der Waals surface area contributed by atoms with E-state index in [1.165, 1.54) is 21.3 Å². The lowest BCUT2D eigenvalue weighted by atomic mass is 10.0. The van der Waals surface area contributed by atoms with Crippen molar-refractivity contribution in [3.05, 3.63) is 17.7 Å². The Bertz CT molecular complexity index is 818. The minimum Gasteiger partial charge on any atom is -0.493 e. The van der Waals surface area contributed by atoms with Crippen LogP contribution in [0.5, 0.6) is 17.2 Å². The summed E-state index contributed by atoms with van der Waals surface area (Å²) in [4.78, 5) is 38.6. The van der Waals surface area contributed by atoms with Crippen LogP contribution in [0.2, 0.25) is 0 Å². The van der Waals surface area contributed by atoms with Gasteiger partial charge in [0, 0.05) is 37.7 Å². The topological polar surface area (TPSA) is 115 Å². The molecule has 1 aliphatic rings. The van der Waals surface area contributed by atoms with Gasteiger partial charge in [0.1, 0.15) is 5.60 Å². The second kappa shape index (κ2) is 11.6. The van der Waals surface area contributed by atoms with Crippen LogP contribution < -0.4 is 24.8 Å². The highest BCUT2D eigenvalue weighted by Crippen LogP contribution is 2.38. The predicted octanol–water partition coefficient (Wildman–Crippen LogP) is 2.35. The van der Waals surface area contributed by atoms with Crippen molar-refractivity contribution in [1.82, 2.24) is 15.5 Å². The molecule has 0 bridgehead atoms. The van der Waals surface area contributed by atoms with Crippen LogP contribution >= 0.6 is 0 Å². The lowest BCUT2D eigenvalue weighted by Crippen LogP contribution is -2.47. The van der Waals surface area contributed by atoms with Crippen LogP contribution in [-0.4, -0.2) is 75.4 Å². The van der Waals surface area contributed by atoms with Crippen LogP contribution in [0.1, 0.15) is 50.4 Å². The van der Waals surface area contributed by atoms with Crippen LogP contribution in [0.4, 0.5) is 4.79 Å². The maximum atomic E-state index is 13.0. The molecule has 33 heavy (non-hydrogen) atoms. The molecule has 0 saturated carbocycles. The number of rotatable bonds is 8. The number of hydrogen-bond donors (Lipinski definition) is 2. The van der Waals surface area contributed by atoms with Gasteiger partial charge in [0.15, 0.2) is 11.5 Å². The van der Waals surface area contributed by atoms with Gasteiger partial charge in [0.2, 0.25) is 11.7 Å². The second-order valence-electron chi connectivity index (χ2n) is 8.73. The van der Waals surface area contributed by atoms with Gasteiger partial charge in [0.25, 0.3) is 5.91 Å². The van der Waals surface area contributed by atoms with Crippen LogP contribution in [-0.2, 0) is 9.53 Å². The monoisotopic (exact) mass is 465 g/mol. The van der Waals surface area contributed by atoms with E-state index >= 15 is 0 Å². The third-order valence-corrected chi connectivity index (χ3v) is 5.08. The van der Waals surface area contributed by atoms with Crippen molar-refractivity contribution in [2.75, 3.05) is 41.0 Å². The normalized spacial score (nSPS) is 14.3. The molecule has 3 amide bonds. The third kappa shape index (κ3) is 7.73. The van der Waals surface area contributed by atoms with Gasteiger partial charge in [-0.2, -0.15) is 0 Å². The predicted molar refractivity (Wildman–Crippen MR) is 122 cm³/mol. The summed E-state index contributed by atoms with van der Waals surface area (Å²) >= 11 is 0. The lowest BCUT2D eigenvalue weighted by Gasteiger charge is -2.32. The minimum absolute atomic E-state index is 0.0250. The maximum absolute atomic E-state index is 13.0. The molecule has 0 spiro atoms. The van der Waals surface area contributed by atoms with Gasteiger partial charge < -0.3 is 34.5 Å². The summed E-state index contributed by atoms with van der Waals surface area (Å²) in [6.07, 6.45) is 0.890. The zero-order chi connectivity index (χ0) is 24.6. The number of hydrogen-bond acceptors (Lipinski definition) is 7. The Balaban J connectivity index is 1.83. The molecule has 1 saturated heterocycles. The van der Waals surface area contributed by atoms with E-state index in [1.54, 1.807) is 37.8 Å². The molecule has 1 heterocycles. The highest BCUT2D eigenvalue weighted by molar-refractivity contribution is 5.95. The van der Waals surface area contributed by atoms with Crippen molar-refractivity contribution in [2.24, 2.45) is 0 Å². The van der Waals surface area contributed by atoms with Gasteiger partial charge in [-0.1, -0.05) is 0 Å². The third-order valence-electron chi connectivity index (χ3n) is 5.08. The molecular formula is C23H35N3O7. The number of methoxy groups -OCH3 is 3. The van der Waals surface area contributed by atoms with Crippen LogP contribution in [0, 0.1) is 0 Å². The number of likely N-dealkylation sites (tertiary alicyclic amines) is 1. The summed E-state index contributed by atoms with van der Waals surface area (Å²) in [5.41, 5.74) is -0.139. The fraction of sp³-hybridized carbons (Fsp3) is 0.609. The van der Waals surface area contributed by atoms with Gasteiger partial charge in [-0.15, -0.1) is 0 Å². The molecule has 2 N–H and O–H groups in total. The molecular weight excluding hydrogens is 430 g/mol. The first-order chi connectivity index (χ1) is 15.6. The van der Waals surface area contributed by atoms with E-state index in [4.69, 9.17) is 18.9 Å². The van der Waals surface area contributed by atoms with Gasteiger partial charge in [-0.05, 0) is 45.7 Å². The SMILES string of the molecule is COc1cc(C(=O)N2CCC(NC(=O)CCNC(=O)OC(C)(C)C)CC2)cc(OC)c1OC. The molecule has 0 radical (unpaired) electrons. The van der Waals surface area contributed by atoms with E-state index in [-0.39, 0.29) is 30.8 Å². The van der Waals surface area contributed by atoms with Gasteiger partial charge in [-0.3, -0.25) is 9.59 Å². The molecule has 10 heteroatoms. The maximum Gasteiger partial charge on any atom is 0.407 e. The Hall–Kier alpha value is -3.17. The molecule has 0 aliphatic carbocycles. The van der Waals surface area contributed by atoms with E-state index < -0.39 is 11.7 Å². The standard InChI is InChI=1S/C23H35N3O7/c1-23(2,3)33-22(29)24-10-7-19(27)25-16-8-11-26(12-9-16)21(28)15-13-17(30-4)20(32-6)18(14-15)31-5/h13-14,16H,7-12H2,1-6H3,(H,24,29)(H,25,27). The largest absolute Gasteiger partial charge is 0.493 e. The number of carbonyl (C=O) groups excluding carboxylic acids is 3. The Morgan fingerprint density at radius 3 is 2.06 bits per heavy atom. The molecule has 1 fully saturated rings. The lowest BCUT2D eigenvalue weighted by molar-refractivity contribution is -0.121. The summed E-state index contributed by atoms with van der Waals surface area (Å²) in [5.74, 6) is 0.977. The van der Waals surface area contributed by atoms with Crippen molar-refractivity contribution in [2.45, 2.75) is 51.7 Å². The van der Waals surface area contributed by atoms with Crippen molar-refractivity contribution in [1.29, 1.82) is 0 Å². The van der Waals surface area contributed by atoms with Gasteiger partial charge in [0.05, 0.1) is 21.3 Å². The van der Waals surface area contributed by atoms with Crippen LogP contribution in [0.15, 0.2) is 12.1 Å². The number of piperidine rings is 1. The Kier molecular flexibility index (Phi) is 9.19. The number of benzene rings is 1. The highest BCUT2D eigenvalue weighted by atomic mass is 16.6. The van der Waals surface area contributed by atoms with Crippen molar-refractivity contribution in [3.8, 4) is 17.2 Å². The summed E-state index contributed by atoms with van der Waals surface area (Å²) in [5, 5.41) is 5.54. The fourth-order valence-electron chi connectivity index (χ4n) is 3.51. The molecule has 184 valence electrons. The number of carbonyl (C=O) groups is 3. The summed E-state index contributed by atoms with van der Waals surface area (Å²) < 4.78 is 21.1. The number of nitrogens with zero attached hydrogens (tertiary/aromatic N) is 1. The quantitative estimate of drug-likeness (QED) is 0.605. The van der Waals surface area contributed by atoms with E-state index in [9.17, 15) is 14.4 Å². The summed E-state index contributed by atoms with van der Waals surface area (Å²) in [6.45, 7) is 6.54. The van der Waals surface area contributed by atoms with Crippen molar-refractivity contribution < 1.29 is 33.3 Å². The smallest absolute Gasteiger partial charge is 0.407 e. The zero-order valence-corrected chi connectivity index (χ0v) is 20.3. The van der Waals surface area contributed by atoms with Crippen LogP contribution in [0.25, 0.3) is 0 Å². The van der Waals surface area contributed by atoms with E-state index in [0.717, 1.165) is 0 Å². The number of nitrogens with one attached hydrogen (secondary N) is 2. The molecule has 0 unspecified atom stereocenters. The number of alkyl carbamates (subject to hydrolysis) is 1. The average molecular weight is 466 g/mol. The first-order valence-electron chi connectivity index (χ1n) is 10.9. The molecule has 0 atom stereocenters. The minimum atomic E-state index is -0.584. The molecule has 1 aromatic rings. The summed E-state index contributed by atoms with van der Waals surface area (Å²) in [6, 6.07) is 3.24. The first kappa shape index (κ1) is 26.1. The summed E-state index contributed by atoms with van der Waals surface area (Å²) in [7, 11) is 4.51. The average Bonchev–Trinajstić information content (AvgIpc) is 2.76. The van der Waals surface area contributed by atoms with E-state index in [2.05, 4.69) is 10.6 Å². The molecule has 10 nitrogen and oxygen atoms in total. The van der Waals surface area contributed by atoms with Crippen LogP contribution in [0.3, 0.4) is 0 Å². The second-order valence-corrected chi connectivity index (χ2v) is 8.73. The van der Waals surface area contributed by atoms with Crippen molar-refractivity contribution >= 4 is 17.9 Å². The molecule has 1 aromatic carbocycles. The Labute approximate surface area is 194 Å². The van der Waals surface area contributed by atoms with Crippen molar-refractivity contribution in [3.63, 3.8) is 0 Å². The van der Waals surface area contributed by atoms with Gasteiger partial charge >= 0.3 is 6.09 Å². The van der Waals surface area contributed by atoms with E-state index in [1.807, 2.05) is 0 Å². The zero-order valence-electron chi connectivity index (χ0n) is 20.3. The number of amides is 3. The molecule has 0 aromatic heterocycles.